The van der Waals surface area contributed by atoms with Gasteiger partial charge in [-0.3, -0.25) is 4.79 Å². The molecule has 0 aromatic heterocycles. The molecular weight excluding hydrogens is 342 g/mol. The third kappa shape index (κ3) is 4.90. The Kier molecular flexibility index (Phi) is 6.34. The molecule has 0 saturated carbocycles. The summed E-state index contributed by atoms with van der Waals surface area (Å²) in [6.45, 7) is -0.0191. The summed E-state index contributed by atoms with van der Waals surface area (Å²) in [7, 11) is 0. The monoisotopic (exact) mass is 363 g/mol. The molecular formula is C22H21NO2S. The largest absolute Gasteiger partial charge is 0.484 e. The molecule has 0 bridgehead atoms. The van der Waals surface area contributed by atoms with Crippen LogP contribution >= 0.6 is 11.8 Å². The topological polar surface area (TPSA) is 38.3 Å². The van der Waals surface area contributed by atoms with E-state index in [1.165, 1.54) is 0 Å². The van der Waals surface area contributed by atoms with E-state index in [1.807, 2.05) is 91.2 Å². The number of amides is 1. The normalized spacial score (nSPS) is 10.5. The van der Waals surface area contributed by atoms with Gasteiger partial charge in [-0.15, -0.1) is 11.8 Å². The van der Waals surface area contributed by atoms with Crippen LogP contribution in [0.1, 0.15) is 17.2 Å². The molecule has 0 radical (unpaired) electrons. The van der Waals surface area contributed by atoms with Crippen molar-refractivity contribution in [3.63, 3.8) is 0 Å². The highest BCUT2D eigenvalue weighted by molar-refractivity contribution is 7.98. The first-order valence-electron chi connectivity index (χ1n) is 8.42. The summed E-state index contributed by atoms with van der Waals surface area (Å²) in [5.41, 5.74) is 2.08. The van der Waals surface area contributed by atoms with Crippen molar-refractivity contribution in [2.45, 2.75) is 10.9 Å². The lowest BCUT2D eigenvalue weighted by atomic mass is 9.99. The van der Waals surface area contributed by atoms with Crippen molar-refractivity contribution >= 4 is 17.7 Å². The Morgan fingerprint density at radius 1 is 0.885 bits per heavy atom. The molecule has 132 valence electrons. The first kappa shape index (κ1) is 18.1. The molecule has 4 heteroatoms. The van der Waals surface area contributed by atoms with E-state index in [9.17, 15) is 4.79 Å². The fourth-order valence-electron chi connectivity index (χ4n) is 2.67. The van der Waals surface area contributed by atoms with E-state index in [-0.39, 0.29) is 18.6 Å². The molecule has 3 aromatic rings. The molecule has 26 heavy (non-hydrogen) atoms. The van der Waals surface area contributed by atoms with Gasteiger partial charge in [0.05, 0.1) is 6.04 Å². The standard InChI is InChI=1S/C22H21NO2S/c1-26-20-14-12-19(13-15-20)25-16-21(24)23-22(17-8-4-2-5-9-17)18-10-6-3-7-11-18/h2-15,22H,16H2,1H3,(H,23,24). The van der Waals surface area contributed by atoms with Gasteiger partial charge < -0.3 is 10.1 Å². The minimum absolute atomic E-state index is 0.0191. The summed E-state index contributed by atoms with van der Waals surface area (Å²) >= 11 is 1.67. The minimum atomic E-state index is -0.202. The van der Waals surface area contributed by atoms with E-state index in [0.29, 0.717) is 5.75 Å². The number of nitrogens with one attached hydrogen (secondary N) is 1. The maximum absolute atomic E-state index is 12.5. The molecule has 0 atom stereocenters. The molecule has 0 heterocycles. The van der Waals surface area contributed by atoms with Crippen LogP contribution in [0.2, 0.25) is 0 Å². The lowest BCUT2D eigenvalue weighted by Crippen LogP contribution is -2.33. The van der Waals surface area contributed by atoms with Crippen molar-refractivity contribution in [3.8, 4) is 5.75 Å². The van der Waals surface area contributed by atoms with Gasteiger partial charge in [0.15, 0.2) is 6.61 Å². The van der Waals surface area contributed by atoms with Crippen molar-refractivity contribution in [2.24, 2.45) is 0 Å². The number of benzene rings is 3. The van der Waals surface area contributed by atoms with Crippen LogP contribution in [0.5, 0.6) is 5.75 Å². The van der Waals surface area contributed by atoms with Gasteiger partial charge in [-0.05, 0) is 41.6 Å². The van der Waals surface area contributed by atoms with Crippen LogP contribution in [0, 0.1) is 0 Å². The van der Waals surface area contributed by atoms with Gasteiger partial charge >= 0.3 is 0 Å². The summed E-state index contributed by atoms with van der Waals surface area (Å²) in [5.74, 6) is 0.533. The lowest BCUT2D eigenvalue weighted by Gasteiger charge is -2.20. The lowest BCUT2D eigenvalue weighted by molar-refractivity contribution is -0.123. The van der Waals surface area contributed by atoms with Gasteiger partial charge in [-0.2, -0.15) is 0 Å². The Morgan fingerprint density at radius 2 is 1.42 bits per heavy atom. The molecule has 1 amide bonds. The van der Waals surface area contributed by atoms with Crippen molar-refractivity contribution in [1.29, 1.82) is 0 Å². The predicted molar refractivity (Wildman–Crippen MR) is 107 cm³/mol. The number of ether oxygens (including phenoxy) is 1. The van der Waals surface area contributed by atoms with Crippen molar-refractivity contribution < 1.29 is 9.53 Å². The highest BCUT2D eigenvalue weighted by Gasteiger charge is 2.16. The smallest absolute Gasteiger partial charge is 0.258 e. The highest BCUT2D eigenvalue weighted by atomic mass is 32.2. The molecule has 0 spiro atoms. The first-order chi connectivity index (χ1) is 12.8. The van der Waals surface area contributed by atoms with Crippen molar-refractivity contribution in [2.75, 3.05) is 12.9 Å². The zero-order chi connectivity index (χ0) is 18.2. The van der Waals surface area contributed by atoms with Crippen LogP contribution in [0.4, 0.5) is 0 Å². The number of hydrogen-bond acceptors (Lipinski definition) is 3. The maximum Gasteiger partial charge on any atom is 0.258 e. The summed E-state index contributed by atoms with van der Waals surface area (Å²) in [6, 6.07) is 27.4. The van der Waals surface area contributed by atoms with Gasteiger partial charge in [-0.25, -0.2) is 0 Å². The van der Waals surface area contributed by atoms with E-state index < -0.39 is 0 Å². The number of carbonyl (C=O) groups is 1. The number of carbonyl (C=O) groups excluding carboxylic acids is 1. The quantitative estimate of drug-likeness (QED) is 0.619. The van der Waals surface area contributed by atoms with E-state index in [4.69, 9.17) is 4.74 Å². The Hall–Kier alpha value is -2.72. The maximum atomic E-state index is 12.5. The average Bonchev–Trinajstić information content (AvgIpc) is 2.72. The van der Waals surface area contributed by atoms with Gasteiger partial charge in [0.2, 0.25) is 0 Å². The second-order valence-corrected chi connectivity index (χ2v) is 6.67. The fraction of sp³-hybridized carbons (Fsp3) is 0.136. The Morgan fingerprint density at radius 3 is 1.92 bits per heavy atom. The highest BCUT2D eigenvalue weighted by Crippen LogP contribution is 2.22. The molecule has 0 aliphatic rings. The van der Waals surface area contributed by atoms with Crippen LogP contribution in [-0.4, -0.2) is 18.8 Å². The van der Waals surface area contributed by atoms with E-state index >= 15 is 0 Å². The molecule has 3 aromatic carbocycles. The van der Waals surface area contributed by atoms with E-state index in [2.05, 4.69) is 5.32 Å². The SMILES string of the molecule is CSc1ccc(OCC(=O)NC(c2ccccc2)c2ccccc2)cc1. The molecule has 1 N–H and O–H groups in total. The Balaban J connectivity index is 1.67. The van der Waals surface area contributed by atoms with Crippen LogP contribution < -0.4 is 10.1 Å². The third-order valence-corrected chi connectivity index (χ3v) is 4.74. The molecule has 3 nitrogen and oxygen atoms in total. The minimum Gasteiger partial charge on any atom is -0.484 e. The molecule has 3 rings (SSSR count). The van der Waals surface area contributed by atoms with Gasteiger partial charge in [0.1, 0.15) is 5.75 Å². The van der Waals surface area contributed by atoms with Crippen molar-refractivity contribution in [3.05, 3.63) is 96.1 Å². The number of hydrogen-bond donors (Lipinski definition) is 1. The predicted octanol–water partition coefficient (Wildman–Crippen LogP) is 4.69. The number of thioether (sulfide) groups is 1. The van der Waals surface area contributed by atoms with E-state index in [1.54, 1.807) is 11.8 Å². The van der Waals surface area contributed by atoms with Gasteiger partial charge in [0, 0.05) is 4.90 Å². The fourth-order valence-corrected chi connectivity index (χ4v) is 3.08. The summed E-state index contributed by atoms with van der Waals surface area (Å²) in [4.78, 5) is 13.6. The zero-order valence-electron chi connectivity index (χ0n) is 14.6. The molecule has 0 aliphatic heterocycles. The van der Waals surface area contributed by atoms with Crippen LogP contribution in [-0.2, 0) is 4.79 Å². The summed E-state index contributed by atoms with van der Waals surface area (Å²) in [5, 5.41) is 3.07. The zero-order valence-corrected chi connectivity index (χ0v) is 15.4. The molecule has 0 fully saturated rings. The van der Waals surface area contributed by atoms with Crippen LogP contribution in [0.15, 0.2) is 89.8 Å². The third-order valence-electron chi connectivity index (χ3n) is 4.00. The Labute approximate surface area is 158 Å². The first-order valence-corrected chi connectivity index (χ1v) is 9.65. The number of rotatable bonds is 7. The average molecular weight is 363 g/mol. The second kappa shape index (κ2) is 9.11. The van der Waals surface area contributed by atoms with Gasteiger partial charge in [0.25, 0.3) is 5.91 Å². The second-order valence-electron chi connectivity index (χ2n) is 5.79. The van der Waals surface area contributed by atoms with Crippen LogP contribution in [0.3, 0.4) is 0 Å². The van der Waals surface area contributed by atoms with E-state index in [0.717, 1.165) is 16.0 Å². The molecule has 0 aliphatic carbocycles. The summed E-state index contributed by atoms with van der Waals surface area (Å²) in [6.07, 6.45) is 2.02. The van der Waals surface area contributed by atoms with Crippen LogP contribution in [0.25, 0.3) is 0 Å². The van der Waals surface area contributed by atoms with Crippen molar-refractivity contribution in [1.82, 2.24) is 5.32 Å². The summed E-state index contributed by atoms with van der Waals surface area (Å²) < 4.78 is 5.62. The van der Waals surface area contributed by atoms with Gasteiger partial charge in [-0.1, -0.05) is 60.7 Å². The molecule has 0 unspecified atom stereocenters. The Bertz CT molecular complexity index is 780. The molecule has 0 saturated heterocycles.